The van der Waals surface area contributed by atoms with Crippen LogP contribution in [0.5, 0.6) is 0 Å². The smallest absolute Gasteiger partial charge is 0.328 e. The number of amides is 1. The molecule has 1 aliphatic rings. The summed E-state index contributed by atoms with van der Waals surface area (Å²) in [5.41, 5.74) is 8.07. The van der Waals surface area contributed by atoms with E-state index < -0.39 is 35.4 Å². The molecule has 0 unspecified atom stereocenters. The minimum Gasteiger partial charge on any atom is -0.478 e. The van der Waals surface area contributed by atoms with Gasteiger partial charge in [0.2, 0.25) is 5.91 Å². The molecule has 0 spiro atoms. The first-order valence-corrected chi connectivity index (χ1v) is 11.6. The Kier molecular flexibility index (Phi) is 9.66. The lowest BCUT2D eigenvalue weighted by atomic mass is 10.0. The van der Waals surface area contributed by atoms with E-state index >= 15 is 0 Å². The van der Waals surface area contributed by atoms with Crippen molar-refractivity contribution in [1.29, 1.82) is 5.26 Å². The second-order valence-electron chi connectivity index (χ2n) is 8.50. The van der Waals surface area contributed by atoms with E-state index in [1.807, 2.05) is 6.07 Å². The average molecular weight is 557 g/mol. The zero-order valence-electron chi connectivity index (χ0n) is 20.7. The molecule has 2 aromatic heterocycles. The van der Waals surface area contributed by atoms with E-state index in [2.05, 4.69) is 15.3 Å². The number of carboxylic acid groups (broad SMARTS) is 2. The lowest BCUT2D eigenvalue weighted by Gasteiger charge is -2.28. The van der Waals surface area contributed by atoms with Crippen LogP contribution in [0.25, 0.3) is 11.4 Å². The van der Waals surface area contributed by atoms with Crippen molar-refractivity contribution in [2.45, 2.75) is 32.0 Å². The molecule has 1 aliphatic heterocycles. The SMILES string of the molecule is N#Cc1ccc(-c2nnn3c2CN(C(=O)C[C@H](N)Cc2cc(F)c(F)cc2F)CC3)nc1.O=C(O)/C=C/C(=O)O. The van der Waals surface area contributed by atoms with Crippen LogP contribution < -0.4 is 5.73 Å². The summed E-state index contributed by atoms with van der Waals surface area (Å²) in [5.74, 6) is -6.12. The van der Waals surface area contributed by atoms with Crippen LogP contribution in [0.2, 0.25) is 0 Å². The van der Waals surface area contributed by atoms with Crippen LogP contribution in [-0.2, 0) is 33.9 Å². The molecule has 4 N–H and O–H groups in total. The van der Waals surface area contributed by atoms with Gasteiger partial charge in [0.1, 0.15) is 17.6 Å². The molecule has 12 nitrogen and oxygen atoms in total. The predicted molar refractivity (Wildman–Crippen MR) is 130 cm³/mol. The Morgan fingerprint density at radius 1 is 1.07 bits per heavy atom. The second-order valence-corrected chi connectivity index (χ2v) is 8.50. The number of pyridine rings is 1. The Morgan fingerprint density at radius 3 is 2.35 bits per heavy atom. The third kappa shape index (κ3) is 7.71. The molecule has 0 saturated carbocycles. The predicted octanol–water partition coefficient (Wildman–Crippen LogP) is 1.64. The third-order valence-corrected chi connectivity index (χ3v) is 5.62. The first kappa shape index (κ1) is 29.5. The molecule has 0 radical (unpaired) electrons. The van der Waals surface area contributed by atoms with Gasteiger partial charge in [0, 0.05) is 43.4 Å². The fourth-order valence-corrected chi connectivity index (χ4v) is 3.73. The number of fused-ring (bicyclic) bond motifs is 1. The van der Waals surface area contributed by atoms with Crippen LogP contribution in [0.4, 0.5) is 13.2 Å². The number of nitrogens with zero attached hydrogens (tertiary/aromatic N) is 6. The largest absolute Gasteiger partial charge is 0.478 e. The average Bonchev–Trinajstić information content (AvgIpc) is 3.34. The van der Waals surface area contributed by atoms with Gasteiger partial charge in [-0.2, -0.15) is 5.26 Å². The molecular formula is C25H22F3N7O5. The van der Waals surface area contributed by atoms with E-state index in [0.717, 1.165) is 6.07 Å². The van der Waals surface area contributed by atoms with E-state index in [9.17, 15) is 27.6 Å². The van der Waals surface area contributed by atoms with Crippen molar-refractivity contribution in [2.75, 3.05) is 6.54 Å². The van der Waals surface area contributed by atoms with Crippen LogP contribution in [0, 0.1) is 28.8 Å². The van der Waals surface area contributed by atoms with Gasteiger partial charge >= 0.3 is 11.9 Å². The topological polar surface area (TPSA) is 188 Å². The van der Waals surface area contributed by atoms with Crippen LogP contribution in [-0.4, -0.2) is 65.5 Å². The number of nitriles is 1. The molecule has 208 valence electrons. The molecule has 0 saturated heterocycles. The van der Waals surface area contributed by atoms with Crippen molar-refractivity contribution in [1.82, 2.24) is 24.9 Å². The van der Waals surface area contributed by atoms with Gasteiger partial charge in [0.15, 0.2) is 11.6 Å². The number of nitrogens with two attached hydrogens (primary N) is 1. The van der Waals surface area contributed by atoms with Gasteiger partial charge in [-0.1, -0.05) is 5.21 Å². The van der Waals surface area contributed by atoms with Gasteiger partial charge in [-0.25, -0.2) is 27.4 Å². The van der Waals surface area contributed by atoms with Crippen molar-refractivity contribution in [3.05, 3.63) is 76.9 Å². The molecule has 0 aliphatic carbocycles. The van der Waals surface area contributed by atoms with Crippen molar-refractivity contribution in [3.63, 3.8) is 0 Å². The van der Waals surface area contributed by atoms with Crippen LogP contribution in [0.1, 0.15) is 23.2 Å². The number of aromatic nitrogens is 4. The van der Waals surface area contributed by atoms with E-state index in [-0.39, 0.29) is 30.9 Å². The molecule has 1 atom stereocenters. The number of benzene rings is 1. The Bertz CT molecular complexity index is 1470. The first-order valence-electron chi connectivity index (χ1n) is 11.6. The van der Waals surface area contributed by atoms with Crippen LogP contribution >= 0.6 is 0 Å². The molecule has 1 amide bonds. The summed E-state index contributed by atoms with van der Waals surface area (Å²) in [7, 11) is 0. The number of carbonyl (C=O) groups excluding carboxylic acids is 1. The highest BCUT2D eigenvalue weighted by Crippen LogP contribution is 2.24. The molecule has 3 aromatic rings. The number of rotatable bonds is 7. The Hall–Kier alpha value is -5.10. The molecule has 0 fully saturated rings. The Labute approximate surface area is 224 Å². The van der Waals surface area contributed by atoms with E-state index in [1.165, 1.54) is 6.20 Å². The lowest BCUT2D eigenvalue weighted by molar-refractivity contribution is -0.134. The van der Waals surface area contributed by atoms with E-state index in [4.69, 9.17) is 21.2 Å². The highest BCUT2D eigenvalue weighted by Gasteiger charge is 2.27. The second kappa shape index (κ2) is 13.1. The molecule has 4 rings (SSSR count). The quantitative estimate of drug-likeness (QED) is 0.285. The van der Waals surface area contributed by atoms with Gasteiger partial charge in [-0.3, -0.25) is 9.78 Å². The Balaban J connectivity index is 0.000000482. The summed E-state index contributed by atoms with van der Waals surface area (Å²) in [6.45, 7) is 1.05. The zero-order chi connectivity index (χ0) is 29.4. The van der Waals surface area contributed by atoms with Crippen LogP contribution in [0.15, 0.2) is 42.6 Å². The van der Waals surface area contributed by atoms with Crippen molar-refractivity contribution >= 4 is 17.8 Å². The molecule has 15 heteroatoms. The number of carbonyl (C=O) groups is 3. The number of hydrogen-bond donors (Lipinski definition) is 3. The summed E-state index contributed by atoms with van der Waals surface area (Å²) < 4.78 is 42.1. The minimum absolute atomic E-state index is 0.0840. The molecule has 40 heavy (non-hydrogen) atoms. The summed E-state index contributed by atoms with van der Waals surface area (Å²) in [4.78, 5) is 37.7. The van der Waals surface area contributed by atoms with Gasteiger partial charge in [-0.15, -0.1) is 5.10 Å². The van der Waals surface area contributed by atoms with Gasteiger partial charge in [0.05, 0.1) is 30.0 Å². The normalized spacial score (nSPS) is 13.1. The maximum absolute atomic E-state index is 13.9. The molecule has 0 bridgehead atoms. The van der Waals surface area contributed by atoms with Gasteiger partial charge < -0.3 is 20.8 Å². The highest BCUT2D eigenvalue weighted by atomic mass is 19.2. The maximum atomic E-state index is 13.9. The highest BCUT2D eigenvalue weighted by molar-refractivity contribution is 5.89. The number of carboxylic acids is 2. The van der Waals surface area contributed by atoms with E-state index in [1.54, 1.807) is 21.7 Å². The zero-order valence-corrected chi connectivity index (χ0v) is 20.7. The molecule has 3 heterocycles. The lowest BCUT2D eigenvalue weighted by Crippen LogP contribution is -2.41. The fraction of sp³-hybridized carbons (Fsp3) is 0.240. The van der Waals surface area contributed by atoms with E-state index in [0.29, 0.717) is 54.0 Å². The number of halogens is 3. The standard InChI is InChI=1S/C21H18F3N7O.C4H4O4/c22-15-8-17(24)16(23)6-13(15)5-14(26)7-20(32)30-3-4-31-19(11-30)21(28-29-31)18-2-1-12(9-25)10-27-18;5-3(6)1-2-4(7)8/h1-2,6,8,10,14H,3-5,7,11,26H2;1-2H,(H,5,6)(H,7,8)/b;2-1+/t14-;/m1./s1. The van der Waals surface area contributed by atoms with Gasteiger partial charge in [0.25, 0.3) is 0 Å². The first-order chi connectivity index (χ1) is 19.0. The van der Waals surface area contributed by atoms with Crippen molar-refractivity contribution in [3.8, 4) is 17.5 Å². The minimum atomic E-state index is -1.28. The van der Waals surface area contributed by atoms with Crippen molar-refractivity contribution < 1.29 is 37.8 Å². The van der Waals surface area contributed by atoms with Crippen LogP contribution in [0.3, 0.4) is 0 Å². The van der Waals surface area contributed by atoms with Crippen molar-refractivity contribution in [2.24, 2.45) is 5.73 Å². The molecular weight excluding hydrogens is 535 g/mol. The monoisotopic (exact) mass is 557 g/mol. The third-order valence-electron chi connectivity index (χ3n) is 5.62. The maximum Gasteiger partial charge on any atom is 0.328 e. The van der Waals surface area contributed by atoms with Gasteiger partial charge in [-0.05, 0) is 30.2 Å². The summed E-state index contributed by atoms with van der Waals surface area (Å²) in [6, 6.07) is 5.74. The Morgan fingerprint density at radius 2 is 1.75 bits per heavy atom. The molecule has 1 aromatic carbocycles. The summed E-state index contributed by atoms with van der Waals surface area (Å²) >= 11 is 0. The summed E-state index contributed by atoms with van der Waals surface area (Å²) in [5, 5.41) is 32.8. The number of hydrogen-bond acceptors (Lipinski definition) is 8. The summed E-state index contributed by atoms with van der Waals surface area (Å²) in [6.07, 6.45) is 2.35. The number of aliphatic carboxylic acids is 2. The fourth-order valence-electron chi connectivity index (χ4n) is 3.73.